The van der Waals surface area contributed by atoms with Gasteiger partial charge in [0.25, 0.3) is 0 Å². The second kappa shape index (κ2) is 7.25. The smallest absolute Gasteiger partial charge is 0.142 e. The van der Waals surface area contributed by atoms with Crippen molar-refractivity contribution < 1.29 is 4.79 Å². The van der Waals surface area contributed by atoms with Crippen LogP contribution in [0.2, 0.25) is 0 Å². The van der Waals surface area contributed by atoms with Gasteiger partial charge in [-0.05, 0) is 50.5 Å². The molecule has 0 bridgehead atoms. The van der Waals surface area contributed by atoms with Crippen LogP contribution >= 0.6 is 0 Å². The SMILES string of the molecule is CN1CCC(C(=O)Cc2cc3cc(-c4cnccn4)ncc3cn2)CC1. The molecule has 0 amide bonds. The third-order valence-electron chi connectivity index (χ3n) is 5.01. The topological polar surface area (TPSA) is 71.9 Å². The first kappa shape index (κ1) is 16.7. The predicted octanol–water partition coefficient (Wildman–Crippen LogP) is 2.54. The van der Waals surface area contributed by atoms with Gasteiger partial charge in [-0.15, -0.1) is 0 Å². The van der Waals surface area contributed by atoms with Crippen molar-refractivity contribution in [1.82, 2.24) is 24.8 Å². The molecule has 1 aliphatic heterocycles. The van der Waals surface area contributed by atoms with Crippen LogP contribution < -0.4 is 0 Å². The summed E-state index contributed by atoms with van der Waals surface area (Å²) >= 11 is 0. The van der Waals surface area contributed by atoms with E-state index < -0.39 is 0 Å². The van der Waals surface area contributed by atoms with E-state index in [0.717, 1.165) is 53.8 Å². The quantitative estimate of drug-likeness (QED) is 0.722. The van der Waals surface area contributed by atoms with E-state index in [1.165, 1.54) is 0 Å². The number of piperidine rings is 1. The maximum absolute atomic E-state index is 12.6. The van der Waals surface area contributed by atoms with E-state index in [0.29, 0.717) is 12.2 Å². The highest BCUT2D eigenvalue weighted by Gasteiger charge is 2.23. The lowest BCUT2D eigenvalue weighted by molar-refractivity contribution is -0.123. The van der Waals surface area contributed by atoms with Crippen molar-refractivity contribution in [3.8, 4) is 11.4 Å². The summed E-state index contributed by atoms with van der Waals surface area (Å²) in [6.45, 7) is 1.99. The Labute approximate surface area is 152 Å². The van der Waals surface area contributed by atoms with Gasteiger partial charge in [0, 0.05) is 48.2 Å². The first-order valence-electron chi connectivity index (χ1n) is 8.91. The van der Waals surface area contributed by atoms with Gasteiger partial charge in [-0.3, -0.25) is 24.7 Å². The number of pyridine rings is 2. The number of hydrogen-bond donors (Lipinski definition) is 0. The first-order chi connectivity index (χ1) is 12.7. The van der Waals surface area contributed by atoms with E-state index in [1.54, 1.807) is 31.0 Å². The van der Waals surface area contributed by atoms with Gasteiger partial charge in [-0.25, -0.2) is 0 Å². The van der Waals surface area contributed by atoms with Gasteiger partial charge in [-0.1, -0.05) is 0 Å². The van der Waals surface area contributed by atoms with Crippen LogP contribution in [0.25, 0.3) is 22.2 Å². The lowest BCUT2D eigenvalue weighted by Crippen LogP contribution is -2.34. The van der Waals surface area contributed by atoms with Crippen molar-refractivity contribution >= 4 is 16.6 Å². The summed E-state index contributed by atoms with van der Waals surface area (Å²) in [4.78, 5) is 32.2. The zero-order valence-corrected chi connectivity index (χ0v) is 14.8. The molecule has 0 N–H and O–H groups in total. The average Bonchev–Trinajstić information content (AvgIpc) is 2.68. The number of hydrogen-bond acceptors (Lipinski definition) is 6. The maximum atomic E-state index is 12.6. The van der Waals surface area contributed by atoms with Gasteiger partial charge in [0.15, 0.2) is 0 Å². The van der Waals surface area contributed by atoms with Crippen LogP contribution in [0.15, 0.2) is 43.1 Å². The molecule has 26 heavy (non-hydrogen) atoms. The van der Waals surface area contributed by atoms with Gasteiger partial charge in [-0.2, -0.15) is 0 Å². The minimum Gasteiger partial charge on any atom is -0.306 e. The first-order valence-corrected chi connectivity index (χ1v) is 8.91. The molecule has 4 heterocycles. The molecule has 0 spiro atoms. The molecule has 6 nitrogen and oxygen atoms in total. The highest BCUT2D eigenvalue weighted by Crippen LogP contribution is 2.22. The molecule has 4 rings (SSSR count). The fourth-order valence-corrected chi connectivity index (χ4v) is 3.41. The Morgan fingerprint density at radius 3 is 2.58 bits per heavy atom. The molecule has 6 heteroatoms. The summed E-state index contributed by atoms with van der Waals surface area (Å²) in [7, 11) is 2.11. The second-order valence-electron chi connectivity index (χ2n) is 6.90. The van der Waals surface area contributed by atoms with Gasteiger partial charge in [0.05, 0.1) is 11.9 Å². The third kappa shape index (κ3) is 3.60. The number of fused-ring (bicyclic) bond motifs is 1. The predicted molar refractivity (Wildman–Crippen MR) is 99.5 cm³/mol. The molecule has 0 saturated carbocycles. The Bertz CT molecular complexity index is 920. The van der Waals surface area contributed by atoms with Crippen molar-refractivity contribution in [1.29, 1.82) is 0 Å². The Kier molecular flexibility index (Phi) is 4.67. The molecule has 0 atom stereocenters. The van der Waals surface area contributed by atoms with E-state index in [4.69, 9.17) is 0 Å². The molecule has 0 aromatic carbocycles. The summed E-state index contributed by atoms with van der Waals surface area (Å²) in [6, 6.07) is 3.97. The number of carbonyl (C=O) groups is 1. The van der Waals surface area contributed by atoms with E-state index in [9.17, 15) is 4.79 Å². The fourth-order valence-electron chi connectivity index (χ4n) is 3.41. The monoisotopic (exact) mass is 347 g/mol. The van der Waals surface area contributed by atoms with Gasteiger partial charge < -0.3 is 4.90 Å². The van der Waals surface area contributed by atoms with Crippen molar-refractivity contribution in [2.75, 3.05) is 20.1 Å². The molecule has 3 aromatic heterocycles. The summed E-state index contributed by atoms with van der Waals surface area (Å²) in [5.41, 5.74) is 2.32. The van der Waals surface area contributed by atoms with Crippen molar-refractivity contribution in [2.24, 2.45) is 5.92 Å². The number of nitrogens with zero attached hydrogens (tertiary/aromatic N) is 5. The molecule has 0 aliphatic carbocycles. The van der Waals surface area contributed by atoms with E-state index in [2.05, 4.69) is 31.9 Å². The normalized spacial score (nSPS) is 16.0. The summed E-state index contributed by atoms with van der Waals surface area (Å²) in [5.74, 6) is 0.462. The van der Waals surface area contributed by atoms with E-state index in [-0.39, 0.29) is 5.92 Å². The second-order valence-corrected chi connectivity index (χ2v) is 6.90. The lowest BCUT2D eigenvalue weighted by atomic mass is 9.90. The lowest BCUT2D eigenvalue weighted by Gasteiger charge is -2.27. The molecule has 0 radical (unpaired) electrons. The molecular formula is C20H21N5O. The van der Waals surface area contributed by atoms with Crippen LogP contribution in [0.4, 0.5) is 0 Å². The fraction of sp³-hybridized carbons (Fsp3) is 0.350. The highest BCUT2D eigenvalue weighted by atomic mass is 16.1. The number of Topliss-reactive ketones (excluding diaryl/α,β-unsaturated/α-hetero) is 1. The number of aromatic nitrogens is 4. The van der Waals surface area contributed by atoms with Gasteiger partial charge in [0.1, 0.15) is 11.5 Å². The average molecular weight is 347 g/mol. The van der Waals surface area contributed by atoms with Crippen molar-refractivity contribution in [2.45, 2.75) is 19.3 Å². The van der Waals surface area contributed by atoms with E-state index >= 15 is 0 Å². The van der Waals surface area contributed by atoms with Crippen LogP contribution in [-0.2, 0) is 11.2 Å². The number of rotatable bonds is 4. The van der Waals surface area contributed by atoms with Crippen molar-refractivity contribution in [3.05, 3.63) is 48.8 Å². The van der Waals surface area contributed by atoms with Crippen LogP contribution in [0, 0.1) is 5.92 Å². The summed E-state index contributed by atoms with van der Waals surface area (Å²) in [6.07, 6.45) is 10.9. The number of carbonyl (C=O) groups excluding carboxylic acids is 1. The Morgan fingerprint density at radius 2 is 1.81 bits per heavy atom. The standard InChI is InChI=1S/C20H21N5O/c1-25-6-2-14(3-7-25)20(26)10-17-8-15-9-18(19-13-21-4-5-22-19)24-12-16(15)11-23-17/h4-5,8-9,11-14H,2-3,6-7,10H2,1H3. The third-order valence-corrected chi connectivity index (χ3v) is 5.01. The van der Waals surface area contributed by atoms with Crippen LogP contribution in [0.3, 0.4) is 0 Å². The summed E-state index contributed by atoms with van der Waals surface area (Å²) < 4.78 is 0. The zero-order chi connectivity index (χ0) is 17.9. The molecular weight excluding hydrogens is 326 g/mol. The van der Waals surface area contributed by atoms with Crippen LogP contribution in [0.5, 0.6) is 0 Å². The molecule has 132 valence electrons. The Balaban J connectivity index is 1.55. The Hall–Kier alpha value is -2.73. The van der Waals surface area contributed by atoms with Crippen LogP contribution in [0.1, 0.15) is 18.5 Å². The van der Waals surface area contributed by atoms with Crippen LogP contribution in [-0.4, -0.2) is 50.8 Å². The van der Waals surface area contributed by atoms with Gasteiger partial charge >= 0.3 is 0 Å². The minimum absolute atomic E-state index is 0.163. The van der Waals surface area contributed by atoms with Crippen molar-refractivity contribution in [3.63, 3.8) is 0 Å². The molecule has 1 saturated heterocycles. The Morgan fingerprint density at radius 1 is 1.00 bits per heavy atom. The largest absolute Gasteiger partial charge is 0.306 e. The minimum atomic E-state index is 0.163. The molecule has 3 aromatic rings. The van der Waals surface area contributed by atoms with E-state index in [1.807, 2.05) is 12.1 Å². The molecule has 1 fully saturated rings. The van der Waals surface area contributed by atoms with Gasteiger partial charge in [0.2, 0.25) is 0 Å². The molecule has 1 aliphatic rings. The molecule has 0 unspecified atom stereocenters. The highest BCUT2D eigenvalue weighted by molar-refractivity contribution is 5.87. The zero-order valence-electron chi connectivity index (χ0n) is 14.8. The summed E-state index contributed by atoms with van der Waals surface area (Å²) in [5, 5.41) is 1.97. The number of likely N-dealkylation sites (tertiary alicyclic amines) is 1. The maximum Gasteiger partial charge on any atom is 0.142 e. The number of ketones is 1.